The summed E-state index contributed by atoms with van der Waals surface area (Å²) in [5, 5.41) is 7.26. The van der Waals surface area contributed by atoms with E-state index in [1.807, 2.05) is 12.1 Å². The molecule has 0 fully saturated rings. The minimum atomic E-state index is 0.902. The third-order valence-corrected chi connectivity index (χ3v) is 10.5. The number of rotatable bonds is 4. The van der Waals surface area contributed by atoms with E-state index in [0.717, 1.165) is 38.8 Å². The fourth-order valence-corrected chi connectivity index (χ4v) is 8.23. The van der Waals surface area contributed by atoms with Crippen LogP contribution in [-0.4, -0.2) is 9.13 Å². The minimum absolute atomic E-state index is 0.902. The van der Waals surface area contributed by atoms with Crippen LogP contribution in [0.4, 0.5) is 0 Å². The van der Waals surface area contributed by atoms with Crippen molar-refractivity contribution >= 4 is 65.6 Å². The number of aromatic nitrogens is 2. The predicted octanol–water partition coefficient (Wildman–Crippen LogP) is 13.1. The summed E-state index contributed by atoms with van der Waals surface area (Å²) in [6.07, 6.45) is 0. The normalized spacial score (nSPS) is 11.9. The average molecular weight is 651 g/mol. The van der Waals surface area contributed by atoms with E-state index in [2.05, 4.69) is 179 Å². The molecular formula is C48H30N2O. The van der Waals surface area contributed by atoms with Crippen LogP contribution < -0.4 is 0 Å². The van der Waals surface area contributed by atoms with Crippen LogP contribution >= 0.6 is 0 Å². The van der Waals surface area contributed by atoms with Crippen LogP contribution in [-0.2, 0) is 0 Å². The summed E-state index contributed by atoms with van der Waals surface area (Å²) in [5.41, 5.74) is 13.6. The SMILES string of the molecule is c1ccc(-n2c3ccccc3c3cc(-c4ccc5c(c4)c4ccccc4n5-c4ccccc4-c4ccc5c(c4)oc4ccccc45)ccc32)cc1. The Kier molecular flexibility index (Phi) is 5.96. The number of nitrogens with zero attached hydrogens (tertiary/aromatic N) is 2. The van der Waals surface area contributed by atoms with E-state index < -0.39 is 0 Å². The molecule has 3 aromatic heterocycles. The Morgan fingerprint density at radius 3 is 1.59 bits per heavy atom. The predicted molar refractivity (Wildman–Crippen MR) is 213 cm³/mol. The Labute approximate surface area is 293 Å². The smallest absolute Gasteiger partial charge is 0.136 e. The van der Waals surface area contributed by atoms with E-state index in [0.29, 0.717) is 0 Å². The highest BCUT2D eigenvalue weighted by Crippen LogP contribution is 2.41. The molecule has 0 saturated heterocycles. The Bertz CT molecular complexity index is 3140. The van der Waals surface area contributed by atoms with Crippen LogP contribution in [0.15, 0.2) is 186 Å². The van der Waals surface area contributed by atoms with Gasteiger partial charge in [0.15, 0.2) is 0 Å². The molecule has 11 aromatic rings. The van der Waals surface area contributed by atoms with E-state index in [1.165, 1.54) is 60.4 Å². The zero-order chi connectivity index (χ0) is 33.5. The second-order valence-electron chi connectivity index (χ2n) is 13.3. The Morgan fingerprint density at radius 1 is 0.314 bits per heavy atom. The van der Waals surface area contributed by atoms with Gasteiger partial charge in [-0.05, 0) is 89.5 Å². The molecule has 0 aliphatic heterocycles. The summed E-state index contributed by atoms with van der Waals surface area (Å²) in [6.45, 7) is 0. The highest BCUT2D eigenvalue weighted by atomic mass is 16.3. The first-order valence-electron chi connectivity index (χ1n) is 17.4. The summed E-state index contributed by atoms with van der Waals surface area (Å²) in [5.74, 6) is 0. The number of benzene rings is 8. The molecule has 51 heavy (non-hydrogen) atoms. The van der Waals surface area contributed by atoms with Gasteiger partial charge in [0.25, 0.3) is 0 Å². The van der Waals surface area contributed by atoms with E-state index in [1.54, 1.807) is 0 Å². The molecule has 0 amide bonds. The molecule has 11 rings (SSSR count). The van der Waals surface area contributed by atoms with Crippen LogP contribution in [0.3, 0.4) is 0 Å². The number of hydrogen-bond donors (Lipinski definition) is 0. The topological polar surface area (TPSA) is 23.0 Å². The molecule has 3 nitrogen and oxygen atoms in total. The van der Waals surface area contributed by atoms with Crippen LogP contribution in [0.1, 0.15) is 0 Å². The lowest BCUT2D eigenvalue weighted by atomic mass is 10.0. The van der Waals surface area contributed by atoms with Gasteiger partial charge in [0.1, 0.15) is 11.2 Å². The molecule has 3 heterocycles. The minimum Gasteiger partial charge on any atom is -0.456 e. The third-order valence-electron chi connectivity index (χ3n) is 10.5. The molecule has 0 atom stereocenters. The van der Waals surface area contributed by atoms with Gasteiger partial charge in [-0.2, -0.15) is 0 Å². The van der Waals surface area contributed by atoms with Gasteiger partial charge in [0.2, 0.25) is 0 Å². The van der Waals surface area contributed by atoms with E-state index in [-0.39, 0.29) is 0 Å². The van der Waals surface area contributed by atoms with E-state index in [9.17, 15) is 0 Å². The molecule has 0 N–H and O–H groups in total. The van der Waals surface area contributed by atoms with Crippen molar-refractivity contribution in [2.24, 2.45) is 0 Å². The molecule has 3 heteroatoms. The van der Waals surface area contributed by atoms with Crippen molar-refractivity contribution in [2.75, 3.05) is 0 Å². The monoisotopic (exact) mass is 650 g/mol. The number of furan rings is 1. The standard InChI is InChI=1S/C48H30N2O/c1-2-12-34(13-3-1)49-43-19-9-5-15-36(43)40-28-31(23-26-45(40)49)32-24-27-46-41(29-32)37-16-6-10-20-44(37)50(46)42-18-8-4-14-35(42)33-22-25-39-38-17-7-11-21-47(38)51-48(39)30-33/h1-30H. The van der Waals surface area contributed by atoms with Gasteiger partial charge in [-0.1, -0.05) is 109 Å². The second-order valence-corrected chi connectivity index (χ2v) is 13.3. The average Bonchev–Trinajstić information content (AvgIpc) is 3.85. The quantitative estimate of drug-likeness (QED) is 0.186. The molecule has 8 aromatic carbocycles. The zero-order valence-electron chi connectivity index (χ0n) is 27.6. The highest BCUT2D eigenvalue weighted by molar-refractivity contribution is 6.13. The third kappa shape index (κ3) is 4.19. The first-order valence-corrected chi connectivity index (χ1v) is 17.4. The van der Waals surface area contributed by atoms with Gasteiger partial charge < -0.3 is 13.6 Å². The van der Waals surface area contributed by atoms with Crippen molar-refractivity contribution in [1.82, 2.24) is 9.13 Å². The van der Waals surface area contributed by atoms with Gasteiger partial charge in [0, 0.05) is 43.6 Å². The van der Waals surface area contributed by atoms with Gasteiger partial charge in [0.05, 0.1) is 27.8 Å². The van der Waals surface area contributed by atoms with E-state index >= 15 is 0 Å². The lowest BCUT2D eigenvalue weighted by molar-refractivity contribution is 0.669. The summed E-state index contributed by atoms with van der Waals surface area (Å²) < 4.78 is 11.1. The molecule has 238 valence electrons. The summed E-state index contributed by atoms with van der Waals surface area (Å²) >= 11 is 0. The lowest BCUT2D eigenvalue weighted by Gasteiger charge is -2.14. The molecule has 0 spiro atoms. The maximum absolute atomic E-state index is 6.31. The number of para-hydroxylation sites is 5. The Morgan fingerprint density at radius 2 is 0.843 bits per heavy atom. The van der Waals surface area contributed by atoms with Crippen molar-refractivity contribution in [1.29, 1.82) is 0 Å². The van der Waals surface area contributed by atoms with Crippen LogP contribution in [0.2, 0.25) is 0 Å². The van der Waals surface area contributed by atoms with Crippen molar-refractivity contribution in [3.63, 3.8) is 0 Å². The Hall–Kier alpha value is -6.84. The van der Waals surface area contributed by atoms with Gasteiger partial charge >= 0.3 is 0 Å². The highest BCUT2D eigenvalue weighted by Gasteiger charge is 2.18. The van der Waals surface area contributed by atoms with Crippen molar-refractivity contribution in [3.05, 3.63) is 182 Å². The largest absolute Gasteiger partial charge is 0.456 e. The maximum atomic E-state index is 6.31. The summed E-state index contributed by atoms with van der Waals surface area (Å²) in [7, 11) is 0. The zero-order valence-corrected chi connectivity index (χ0v) is 27.6. The number of fused-ring (bicyclic) bond motifs is 9. The first kappa shape index (κ1) is 28.0. The van der Waals surface area contributed by atoms with Crippen LogP contribution in [0.25, 0.3) is 99.2 Å². The molecule has 0 aliphatic rings. The van der Waals surface area contributed by atoms with Crippen molar-refractivity contribution in [2.45, 2.75) is 0 Å². The fraction of sp³-hybridized carbons (Fsp3) is 0. The molecule has 0 aliphatic carbocycles. The molecule has 0 bridgehead atoms. The molecule has 0 radical (unpaired) electrons. The van der Waals surface area contributed by atoms with Crippen molar-refractivity contribution in [3.8, 4) is 33.6 Å². The van der Waals surface area contributed by atoms with Gasteiger partial charge in [-0.25, -0.2) is 0 Å². The van der Waals surface area contributed by atoms with Gasteiger partial charge in [-0.15, -0.1) is 0 Å². The van der Waals surface area contributed by atoms with Crippen LogP contribution in [0, 0.1) is 0 Å². The summed E-state index contributed by atoms with van der Waals surface area (Å²) in [4.78, 5) is 0. The first-order chi connectivity index (χ1) is 25.3. The number of hydrogen-bond acceptors (Lipinski definition) is 1. The lowest BCUT2D eigenvalue weighted by Crippen LogP contribution is -1.97. The van der Waals surface area contributed by atoms with Gasteiger partial charge in [-0.3, -0.25) is 0 Å². The van der Waals surface area contributed by atoms with Crippen molar-refractivity contribution < 1.29 is 4.42 Å². The maximum Gasteiger partial charge on any atom is 0.136 e. The molecule has 0 unspecified atom stereocenters. The second kappa shape index (κ2) is 10.8. The molecule has 0 saturated carbocycles. The Balaban J connectivity index is 1.09. The molecular weight excluding hydrogens is 621 g/mol. The fourth-order valence-electron chi connectivity index (χ4n) is 8.23. The summed E-state index contributed by atoms with van der Waals surface area (Å²) in [6, 6.07) is 65.5. The van der Waals surface area contributed by atoms with Crippen LogP contribution in [0.5, 0.6) is 0 Å². The van der Waals surface area contributed by atoms with E-state index in [4.69, 9.17) is 4.42 Å².